The van der Waals surface area contributed by atoms with Gasteiger partial charge < -0.3 is 14.2 Å². The van der Waals surface area contributed by atoms with E-state index in [0.717, 1.165) is 10.8 Å². The van der Waals surface area contributed by atoms with Crippen LogP contribution in [0.5, 0.6) is 5.75 Å². The monoisotopic (exact) mass is 485 g/mol. The van der Waals surface area contributed by atoms with Gasteiger partial charge in [0.25, 0.3) is 0 Å². The van der Waals surface area contributed by atoms with E-state index in [1.54, 1.807) is 18.2 Å². The van der Waals surface area contributed by atoms with E-state index < -0.39 is 23.6 Å². The number of alkyl halides is 3. The molecule has 0 aliphatic heterocycles. The number of ether oxygens (including phenoxy) is 3. The van der Waals surface area contributed by atoms with Crippen molar-refractivity contribution < 1.29 is 32.2 Å². The van der Waals surface area contributed by atoms with Crippen molar-refractivity contribution in [2.45, 2.75) is 26.1 Å². The number of hydrogen-bond acceptors (Lipinski definition) is 5. The van der Waals surface area contributed by atoms with Gasteiger partial charge in [0, 0.05) is 34.4 Å². The number of fused-ring (bicyclic) bond motifs is 1. The van der Waals surface area contributed by atoms with E-state index in [2.05, 4.69) is 0 Å². The van der Waals surface area contributed by atoms with Gasteiger partial charge in [0.2, 0.25) is 6.10 Å². The molecule has 0 bridgehead atoms. The van der Waals surface area contributed by atoms with Crippen LogP contribution in [0, 0.1) is 5.92 Å². The number of para-hydroxylation sites is 1. The third-order valence-electron chi connectivity index (χ3n) is 4.27. The maximum atomic E-state index is 14.0. The Bertz CT molecular complexity index is 1120. The van der Waals surface area contributed by atoms with Gasteiger partial charge in [-0.25, -0.2) is 4.79 Å². The Balaban J connectivity index is 1.99. The highest BCUT2D eigenvalue weighted by Crippen LogP contribution is 2.41. The number of benzene rings is 2. The second kappa shape index (κ2) is 9.79. The Morgan fingerprint density at radius 2 is 1.84 bits per heavy atom. The molecule has 0 aliphatic carbocycles. The van der Waals surface area contributed by atoms with Gasteiger partial charge in [0.1, 0.15) is 5.75 Å². The molecule has 0 aliphatic rings. The fourth-order valence-corrected chi connectivity index (χ4v) is 3.26. The van der Waals surface area contributed by atoms with Crippen molar-refractivity contribution in [2.24, 2.45) is 5.92 Å². The lowest BCUT2D eigenvalue weighted by Gasteiger charge is -2.21. The molecular weight excluding hydrogens is 467 g/mol. The average molecular weight is 486 g/mol. The normalized spacial score (nSPS) is 12.6. The standard InChI is InChI=1S/C22H19ClF3NO4S/c1-13(2)12-29-20(28)27-11-17(16-9-8-14(23)10-18(16)27)19(22(24,25)26)31-21(32)30-15-6-4-3-5-7-15/h3-11,13,19H,12H2,1-2H3. The summed E-state index contributed by atoms with van der Waals surface area (Å²) in [6.45, 7) is 3.78. The van der Waals surface area contributed by atoms with Gasteiger partial charge in [-0.3, -0.25) is 4.57 Å². The van der Waals surface area contributed by atoms with E-state index in [9.17, 15) is 18.0 Å². The van der Waals surface area contributed by atoms with Crippen LogP contribution >= 0.6 is 23.8 Å². The molecule has 170 valence electrons. The molecule has 0 spiro atoms. The van der Waals surface area contributed by atoms with E-state index in [1.807, 2.05) is 13.8 Å². The Labute approximate surface area is 192 Å². The quantitative estimate of drug-likeness (QED) is 0.367. The van der Waals surface area contributed by atoms with E-state index in [0.29, 0.717) is 0 Å². The Kier molecular flexibility index (Phi) is 7.30. The summed E-state index contributed by atoms with van der Waals surface area (Å²) in [6, 6.07) is 12.2. The van der Waals surface area contributed by atoms with Crippen LogP contribution in [0.4, 0.5) is 18.0 Å². The van der Waals surface area contributed by atoms with Crippen molar-refractivity contribution in [3.63, 3.8) is 0 Å². The molecule has 0 amide bonds. The Hall–Kier alpha value is -2.78. The van der Waals surface area contributed by atoms with Crippen molar-refractivity contribution in [3.05, 3.63) is 65.3 Å². The van der Waals surface area contributed by atoms with E-state index in [1.165, 1.54) is 30.3 Å². The van der Waals surface area contributed by atoms with Gasteiger partial charge in [-0.1, -0.05) is 49.7 Å². The van der Waals surface area contributed by atoms with Crippen LogP contribution in [0.1, 0.15) is 25.5 Å². The molecule has 2 aromatic carbocycles. The second-order valence-electron chi connectivity index (χ2n) is 7.29. The summed E-state index contributed by atoms with van der Waals surface area (Å²) in [5, 5.41) is -0.357. The molecule has 5 nitrogen and oxygen atoms in total. The SMILES string of the molecule is CC(C)COC(=O)n1cc(C(OC(=S)Oc2ccccc2)C(F)(F)F)c2ccc(Cl)cc21. The molecule has 0 saturated carbocycles. The molecule has 10 heteroatoms. The van der Waals surface area contributed by atoms with Gasteiger partial charge in [0.05, 0.1) is 12.1 Å². The third-order valence-corrected chi connectivity index (χ3v) is 4.69. The number of carbonyl (C=O) groups is 1. The van der Waals surface area contributed by atoms with Crippen molar-refractivity contribution >= 4 is 46.1 Å². The molecule has 1 unspecified atom stereocenters. The molecule has 32 heavy (non-hydrogen) atoms. The molecule has 3 aromatic rings. The van der Waals surface area contributed by atoms with Crippen LogP contribution in [-0.4, -0.2) is 28.7 Å². The third kappa shape index (κ3) is 5.72. The minimum absolute atomic E-state index is 0.0441. The molecule has 0 fully saturated rings. The number of thiocarbonyl (C=S) groups is 1. The highest BCUT2D eigenvalue weighted by molar-refractivity contribution is 7.79. The predicted molar refractivity (Wildman–Crippen MR) is 118 cm³/mol. The first-order chi connectivity index (χ1) is 15.1. The highest BCUT2D eigenvalue weighted by atomic mass is 35.5. The number of halogens is 4. The zero-order valence-electron chi connectivity index (χ0n) is 17.1. The molecule has 1 heterocycles. The predicted octanol–water partition coefficient (Wildman–Crippen LogP) is 6.92. The van der Waals surface area contributed by atoms with Gasteiger partial charge >= 0.3 is 17.5 Å². The van der Waals surface area contributed by atoms with Crippen molar-refractivity contribution in [1.29, 1.82) is 0 Å². The first-order valence-electron chi connectivity index (χ1n) is 9.54. The van der Waals surface area contributed by atoms with Gasteiger partial charge in [-0.15, -0.1) is 0 Å². The number of nitrogens with zero attached hydrogens (tertiary/aromatic N) is 1. The van der Waals surface area contributed by atoms with Gasteiger partial charge in [-0.2, -0.15) is 13.2 Å². The maximum absolute atomic E-state index is 14.0. The van der Waals surface area contributed by atoms with Crippen LogP contribution < -0.4 is 4.74 Å². The number of aromatic nitrogens is 1. The minimum atomic E-state index is -4.86. The number of rotatable bonds is 5. The minimum Gasteiger partial charge on any atom is -0.449 e. The lowest BCUT2D eigenvalue weighted by Crippen LogP contribution is -2.27. The molecule has 0 saturated heterocycles. The average Bonchev–Trinajstić information content (AvgIpc) is 3.08. The topological polar surface area (TPSA) is 49.7 Å². The first-order valence-corrected chi connectivity index (χ1v) is 10.3. The maximum Gasteiger partial charge on any atom is 0.429 e. The molecule has 0 N–H and O–H groups in total. The zero-order valence-corrected chi connectivity index (χ0v) is 18.6. The van der Waals surface area contributed by atoms with Crippen molar-refractivity contribution in [3.8, 4) is 5.75 Å². The van der Waals surface area contributed by atoms with Crippen molar-refractivity contribution in [1.82, 2.24) is 4.57 Å². The van der Waals surface area contributed by atoms with E-state index >= 15 is 0 Å². The Morgan fingerprint density at radius 3 is 2.47 bits per heavy atom. The summed E-state index contributed by atoms with van der Waals surface area (Å²) in [5.74, 6) is 0.271. The highest BCUT2D eigenvalue weighted by Gasteiger charge is 2.45. The zero-order chi connectivity index (χ0) is 23.5. The van der Waals surface area contributed by atoms with Crippen LogP contribution in [0.25, 0.3) is 10.9 Å². The summed E-state index contributed by atoms with van der Waals surface area (Å²) in [6.07, 6.45) is -7.15. The van der Waals surface area contributed by atoms with Crippen LogP contribution in [0.15, 0.2) is 54.7 Å². The van der Waals surface area contributed by atoms with Crippen molar-refractivity contribution in [2.75, 3.05) is 6.61 Å². The molecule has 3 rings (SSSR count). The Morgan fingerprint density at radius 1 is 1.16 bits per heavy atom. The van der Waals surface area contributed by atoms with Gasteiger partial charge in [-0.05, 0) is 30.2 Å². The molecule has 1 aromatic heterocycles. The number of hydrogen-bond donors (Lipinski definition) is 0. The lowest BCUT2D eigenvalue weighted by molar-refractivity contribution is -0.203. The summed E-state index contributed by atoms with van der Waals surface area (Å²) >= 11 is 10.9. The molecular formula is C22H19ClF3NO4S. The second-order valence-corrected chi connectivity index (χ2v) is 8.06. The van der Waals surface area contributed by atoms with E-state index in [-0.39, 0.29) is 39.8 Å². The van der Waals surface area contributed by atoms with Crippen LogP contribution in [-0.2, 0) is 9.47 Å². The lowest BCUT2D eigenvalue weighted by atomic mass is 10.1. The summed E-state index contributed by atoms with van der Waals surface area (Å²) in [4.78, 5) is 12.5. The fraction of sp³-hybridized carbons (Fsp3) is 0.273. The van der Waals surface area contributed by atoms with E-state index in [4.69, 9.17) is 38.0 Å². The fourth-order valence-electron chi connectivity index (χ4n) is 2.91. The summed E-state index contributed by atoms with van der Waals surface area (Å²) in [5.41, 5.74) is -0.182. The van der Waals surface area contributed by atoms with Crippen LogP contribution in [0.2, 0.25) is 5.02 Å². The first kappa shape index (κ1) is 23.9. The number of carbonyl (C=O) groups excluding carboxylic acids is 1. The summed E-state index contributed by atoms with van der Waals surface area (Å²) in [7, 11) is 0. The van der Waals surface area contributed by atoms with Gasteiger partial charge in [0.15, 0.2) is 0 Å². The van der Waals surface area contributed by atoms with Crippen LogP contribution in [0.3, 0.4) is 0 Å². The summed E-state index contributed by atoms with van der Waals surface area (Å²) < 4.78 is 58.3. The molecule has 0 radical (unpaired) electrons. The molecule has 1 atom stereocenters. The smallest absolute Gasteiger partial charge is 0.429 e. The largest absolute Gasteiger partial charge is 0.449 e.